The molecule has 0 aliphatic heterocycles. The van der Waals surface area contributed by atoms with Gasteiger partial charge in [-0.05, 0) is 93.5 Å². The van der Waals surface area contributed by atoms with Crippen LogP contribution in [0.4, 0.5) is 0 Å². The van der Waals surface area contributed by atoms with Crippen molar-refractivity contribution in [2.24, 2.45) is 0 Å². The van der Waals surface area contributed by atoms with Gasteiger partial charge in [-0.3, -0.25) is 0 Å². The average molecular weight is 713 g/mol. The maximum Gasteiger partial charge on any atom is 0.0541 e. The fourth-order valence-corrected chi connectivity index (χ4v) is 8.66. The molecule has 262 valence electrons. The molecule has 0 bridgehead atoms. The van der Waals surface area contributed by atoms with Crippen molar-refractivity contribution in [2.45, 2.75) is 0 Å². The first-order valence-corrected chi connectivity index (χ1v) is 19.3. The Balaban J connectivity index is 0.994. The van der Waals surface area contributed by atoms with Crippen molar-refractivity contribution in [3.05, 3.63) is 218 Å². The lowest BCUT2D eigenvalue weighted by Gasteiger charge is -2.14. The molecule has 2 nitrogen and oxygen atoms in total. The molecule has 0 atom stereocenters. The fraction of sp³-hybridized carbons (Fsp3) is 0. The van der Waals surface area contributed by atoms with Crippen LogP contribution in [0.25, 0.3) is 99.5 Å². The van der Waals surface area contributed by atoms with E-state index >= 15 is 0 Å². The van der Waals surface area contributed by atoms with Crippen molar-refractivity contribution in [1.29, 1.82) is 0 Å². The number of para-hydroxylation sites is 3. The summed E-state index contributed by atoms with van der Waals surface area (Å²) < 4.78 is 4.83. The lowest BCUT2D eigenvalue weighted by Crippen LogP contribution is -1.97. The third kappa shape index (κ3) is 5.26. The standard InChI is InChI=1S/C54H36N2/c1-3-13-37(14-4-1)38-23-25-39(26-24-38)40-27-31-44(32-28-40)55-51-21-11-8-18-46(51)48-35-42(29-33-53(48)55)43-30-34-54-49(36-43)47-19-9-12-22-52(47)56(54)50-20-10-7-17-45(50)41-15-5-2-6-16-41/h1-36H. The molecule has 56 heavy (non-hydrogen) atoms. The smallest absolute Gasteiger partial charge is 0.0541 e. The minimum absolute atomic E-state index is 1.15. The molecule has 0 saturated carbocycles. The van der Waals surface area contributed by atoms with Gasteiger partial charge in [-0.1, -0.05) is 164 Å². The lowest BCUT2D eigenvalue weighted by molar-refractivity contribution is 1.18. The lowest BCUT2D eigenvalue weighted by atomic mass is 10.00. The number of rotatable bonds is 6. The molecule has 0 saturated heterocycles. The van der Waals surface area contributed by atoms with Crippen molar-refractivity contribution in [3.8, 4) is 55.9 Å². The molecule has 0 spiro atoms. The van der Waals surface area contributed by atoms with Crippen LogP contribution in [0.5, 0.6) is 0 Å². The molecule has 9 aromatic carbocycles. The molecule has 0 radical (unpaired) electrons. The number of hydrogen-bond donors (Lipinski definition) is 0. The van der Waals surface area contributed by atoms with Gasteiger partial charge in [-0.25, -0.2) is 0 Å². The van der Waals surface area contributed by atoms with Gasteiger partial charge in [0.05, 0.1) is 27.8 Å². The summed E-state index contributed by atoms with van der Waals surface area (Å²) in [7, 11) is 0. The molecule has 0 fully saturated rings. The number of benzene rings is 9. The summed E-state index contributed by atoms with van der Waals surface area (Å²) in [5.41, 5.74) is 16.9. The SMILES string of the molecule is c1ccc(-c2ccc(-c3ccc(-n4c5ccccc5c5cc(-c6ccc7c(c6)c6ccccc6n7-c6ccccc6-c6ccccc6)ccc54)cc3)cc2)cc1. The van der Waals surface area contributed by atoms with E-state index in [-0.39, 0.29) is 0 Å². The van der Waals surface area contributed by atoms with Gasteiger partial charge in [0.1, 0.15) is 0 Å². The van der Waals surface area contributed by atoms with Crippen LogP contribution in [0, 0.1) is 0 Å². The van der Waals surface area contributed by atoms with Gasteiger partial charge in [0.25, 0.3) is 0 Å². The highest BCUT2D eigenvalue weighted by atomic mass is 15.0. The van der Waals surface area contributed by atoms with Gasteiger partial charge >= 0.3 is 0 Å². The first-order chi connectivity index (χ1) is 27.8. The Morgan fingerprint density at radius 3 is 1.21 bits per heavy atom. The summed E-state index contributed by atoms with van der Waals surface area (Å²) in [5, 5.41) is 5.00. The highest BCUT2D eigenvalue weighted by Crippen LogP contribution is 2.40. The van der Waals surface area contributed by atoms with Gasteiger partial charge in [-0.15, -0.1) is 0 Å². The first kappa shape index (κ1) is 32.0. The van der Waals surface area contributed by atoms with E-state index in [0.29, 0.717) is 0 Å². The van der Waals surface area contributed by atoms with E-state index in [9.17, 15) is 0 Å². The minimum Gasteiger partial charge on any atom is -0.309 e. The molecule has 0 unspecified atom stereocenters. The first-order valence-electron chi connectivity index (χ1n) is 19.3. The van der Waals surface area contributed by atoms with Crippen LogP contribution in [0.15, 0.2) is 218 Å². The second kappa shape index (κ2) is 13.2. The van der Waals surface area contributed by atoms with E-state index in [2.05, 4.69) is 228 Å². The monoisotopic (exact) mass is 712 g/mol. The van der Waals surface area contributed by atoms with Crippen LogP contribution in [0.3, 0.4) is 0 Å². The van der Waals surface area contributed by atoms with Crippen LogP contribution in [-0.4, -0.2) is 9.13 Å². The maximum atomic E-state index is 2.43. The summed E-state index contributed by atoms with van der Waals surface area (Å²) in [6.07, 6.45) is 0. The van der Waals surface area contributed by atoms with E-state index in [1.165, 1.54) is 93.8 Å². The molecule has 0 amide bonds. The normalized spacial score (nSPS) is 11.6. The second-order valence-electron chi connectivity index (χ2n) is 14.5. The molecular formula is C54H36N2. The molecule has 11 aromatic rings. The fourth-order valence-electron chi connectivity index (χ4n) is 8.66. The molecule has 2 aromatic heterocycles. The summed E-state index contributed by atoms with van der Waals surface area (Å²) in [5.74, 6) is 0. The van der Waals surface area contributed by atoms with Crippen LogP contribution >= 0.6 is 0 Å². The molecule has 2 heterocycles. The van der Waals surface area contributed by atoms with Crippen molar-refractivity contribution >= 4 is 43.6 Å². The Kier molecular flexibility index (Phi) is 7.53. The summed E-state index contributed by atoms with van der Waals surface area (Å²) in [6.45, 7) is 0. The molecule has 0 aliphatic rings. The van der Waals surface area contributed by atoms with Gasteiger partial charge in [0, 0.05) is 32.8 Å². The largest absolute Gasteiger partial charge is 0.309 e. The zero-order chi connectivity index (χ0) is 37.0. The molecule has 11 rings (SSSR count). The number of hydrogen-bond acceptors (Lipinski definition) is 0. The van der Waals surface area contributed by atoms with Gasteiger partial charge < -0.3 is 9.13 Å². The third-order valence-corrected chi connectivity index (χ3v) is 11.4. The third-order valence-electron chi connectivity index (χ3n) is 11.4. The Bertz CT molecular complexity index is 3200. The van der Waals surface area contributed by atoms with Crippen molar-refractivity contribution in [1.82, 2.24) is 9.13 Å². The highest BCUT2D eigenvalue weighted by Gasteiger charge is 2.18. The zero-order valence-corrected chi connectivity index (χ0v) is 30.7. The quantitative estimate of drug-likeness (QED) is 0.162. The highest BCUT2D eigenvalue weighted by molar-refractivity contribution is 6.13. The summed E-state index contributed by atoms with van der Waals surface area (Å²) in [4.78, 5) is 0. The van der Waals surface area contributed by atoms with Crippen LogP contribution < -0.4 is 0 Å². The number of nitrogens with zero attached hydrogens (tertiary/aromatic N) is 2. The average Bonchev–Trinajstić information content (AvgIpc) is 3.79. The topological polar surface area (TPSA) is 9.86 Å². The Hall–Kier alpha value is -7.42. The van der Waals surface area contributed by atoms with Crippen LogP contribution in [0.1, 0.15) is 0 Å². The van der Waals surface area contributed by atoms with Crippen molar-refractivity contribution < 1.29 is 0 Å². The predicted molar refractivity (Wildman–Crippen MR) is 237 cm³/mol. The zero-order valence-electron chi connectivity index (χ0n) is 30.7. The van der Waals surface area contributed by atoms with Gasteiger partial charge in [0.2, 0.25) is 0 Å². The summed E-state index contributed by atoms with van der Waals surface area (Å²) in [6, 6.07) is 79.3. The van der Waals surface area contributed by atoms with E-state index in [1.807, 2.05) is 0 Å². The van der Waals surface area contributed by atoms with E-state index in [1.54, 1.807) is 0 Å². The van der Waals surface area contributed by atoms with Crippen LogP contribution in [-0.2, 0) is 0 Å². The summed E-state index contributed by atoms with van der Waals surface area (Å²) >= 11 is 0. The molecule has 0 N–H and O–H groups in total. The van der Waals surface area contributed by atoms with Gasteiger partial charge in [0.15, 0.2) is 0 Å². The Morgan fingerprint density at radius 1 is 0.232 bits per heavy atom. The Morgan fingerprint density at radius 2 is 0.625 bits per heavy atom. The molecule has 2 heteroatoms. The minimum atomic E-state index is 1.15. The number of aromatic nitrogens is 2. The van der Waals surface area contributed by atoms with Crippen molar-refractivity contribution in [3.63, 3.8) is 0 Å². The number of fused-ring (bicyclic) bond motifs is 6. The predicted octanol–water partition coefficient (Wildman–Crippen LogP) is 14.5. The van der Waals surface area contributed by atoms with Crippen LogP contribution in [0.2, 0.25) is 0 Å². The van der Waals surface area contributed by atoms with Gasteiger partial charge in [-0.2, -0.15) is 0 Å². The molecular weight excluding hydrogens is 677 g/mol. The van der Waals surface area contributed by atoms with E-state index < -0.39 is 0 Å². The van der Waals surface area contributed by atoms with E-state index in [0.717, 1.165) is 5.69 Å². The van der Waals surface area contributed by atoms with E-state index in [4.69, 9.17) is 0 Å². The Labute approximate surface area is 325 Å². The maximum absolute atomic E-state index is 2.43. The van der Waals surface area contributed by atoms with Crippen molar-refractivity contribution in [2.75, 3.05) is 0 Å². The molecule has 0 aliphatic carbocycles. The second-order valence-corrected chi connectivity index (χ2v) is 14.5.